The van der Waals surface area contributed by atoms with E-state index in [4.69, 9.17) is 17.3 Å². The molecule has 1 unspecified atom stereocenters. The molecule has 6 heteroatoms. The predicted molar refractivity (Wildman–Crippen MR) is 83.6 cm³/mol. The number of nitrogens with zero attached hydrogens (tertiary/aromatic N) is 2. The Kier molecular flexibility index (Phi) is 4.98. The molecule has 0 aliphatic carbocycles. The molecule has 2 N–H and O–H groups in total. The minimum Gasteiger partial charge on any atom is -0.349 e. The summed E-state index contributed by atoms with van der Waals surface area (Å²) in [5, 5.41) is 11.5. The maximum absolute atomic E-state index is 11.1. The summed E-state index contributed by atoms with van der Waals surface area (Å²) in [6.45, 7) is 2.42. The molecule has 0 bridgehead atoms. The lowest BCUT2D eigenvalue weighted by Gasteiger charge is -2.08. The number of rotatable bonds is 6. The smallest absolute Gasteiger partial charge is 0.275 e. The first-order valence-electron chi connectivity index (χ1n) is 6.83. The van der Waals surface area contributed by atoms with Gasteiger partial charge < -0.3 is 10.3 Å². The first kappa shape index (κ1) is 15.5. The van der Waals surface area contributed by atoms with Gasteiger partial charge in [0.15, 0.2) is 0 Å². The summed E-state index contributed by atoms with van der Waals surface area (Å²) in [6, 6.07) is 6.85. The molecule has 1 aromatic heterocycles. The van der Waals surface area contributed by atoms with Gasteiger partial charge in [-0.2, -0.15) is 0 Å². The van der Waals surface area contributed by atoms with Crippen molar-refractivity contribution in [3.63, 3.8) is 0 Å². The SMILES string of the molecule is CCC(N)Cc1ccn(Cc2c(Cl)cccc2[N+](=O)[O-])c1. The molecule has 1 heterocycles. The van der Waals surface area contributed by atoms with Crippen LogP contribution in [0.2, 0.25) is 5.02 Å². The second-order valence-corrected chi connectivity index (χ2v) is 5.47. The van der Waals surface area contributed by atoms with Gasteiger partial charge in [-0.1, -0.05) is 24.6 Å². The van der Waals surface area contributed by atoms with Gasteiger partial charge in [-0.15, -0.1) is 0 Å². The van der Waals surface area contributed by atoms with E-state index in [0.29, 0.717) is 17.1 Å². The largest absolute Gasteiger partial charge is 0.349 e. The summed E-state index contributed by atoms with van der Waals surface area (Å²) < 4.78 is 1.89. The average molecular weight is 308 g/mol. The monoisotopic (exact) mass is 307 g/mol. The molecule has 112 valence electrons. The van der Waals surface area contributed by atoms with Gasteiger partial charge in [0.25, 0.3) is 5.69 Å². The van der Waals surface area contributed by atoms with Crippen LogP contribution in [0.3, 0.4) is 0 Å². The highest BCUT2D eigenvalue weighted by Gasteiger charge is 2.16. The minimum absolute atomic E-state index is 0.0445. The van der Waals surface area contributed by atoms with Gasteiger partial charge in [0.1, 0.15) is 0 Å². The molecule has 21 heavy (non-hydrogen) atoms. The molecule has 0 aliphatic heterocycles. The Labute approximate surface area is 128 Å². The van der Waals surface area contributed by atoms with E-state index in [-0.39, 0.29) is 11.7 Å². The second kappa shape index (κ2) is 6.74. The zero-order valence-electron chi connectivity index (χ0n) is 11.8. The Morgan fingerprint density at radius 1 is 1.43 bits per heavy atom. The van der Waals surface area contributed by atoms with Crippen molar-refractivity contribution in [3.8, 4) is 0 Å². The van der Waals surface area contributed by atoms with E-state index in [1.165, 1.54) is 6.07 Å². The standard InChI is InChI=1S/C15H18ClN3O2/c1-2-12(17)8-11-6-7-18(9-11)10-13-14(16)4-3-5-15(13)19(20)21/h3-7,9,12H,2,8,10,17H2,1H3. The summed E-state index contributed by atoms with van der Waals surface area (Å²) in [5.41, 5.74) is 7.62. The van der Waals surface area contributed by atoms with Crippen molar-refractivity contribution in [2.75, 3.05) is 0 Å². The van der Waals surface area contributed by atoms with Crippen LogP contribution in [-0.4, -0.2) is 15.5 Å². The van der Waals surface area contributed by atoms with E-state index < -0.39 is 4.92 Å². The lowest BCUT2D eigenvalue weighted by atomic mass is 10.1. The number of nitro benzene ring substituents is 1. The Bertz CT molecular complexity index is 640. The third kappa shape index (κ3) is 3.83. The summed E-state index contributed by atoms with van der Waals surface area (Å²) in [4.78, 5) is 10.7. The topological polar surface area (TPSA) is 74.1 Å². The van der Waals surface area contributed by atoms with Crippen molar-refractivity contribution in [1.29, 1.82) is 0 Å². The van der Waals surface area contributed by atoms with Gasteiger partial charge in [-0.25, -0.2) is 0 Å². The molecule has 1 aromatic carbocycles. The Morgan fingerprint density at radius 2 is 2.19 bits per heavy atom. The van der Waals surface area contributed by atoms with Gasteiger partial charge in [0.05, 0.1) is 22.1 Å². The molecule has 2 rings (SSSR count). The molecule has 0 aliphatic rings. The highest BCUT2D eigenvalue weighted by Crippen LogP contribution is 2.27. The van der Waals surface area contributed by atoms with Gasteiger partial charge in [0, 0.05) is 24.5 Å². The zero-order valence-corrected chi connectivity index (χ0v) is 12.6. The highest BCUT2D eigenvalue weighted by atomic mass is 35.5. The molecule has 0 spiro atoms. The van der Waals surface area contributed by atoms with Crippen LogP contribution in [0.5, 0.6) is 0 Å². The Morgan fingerprint density at radius 3 is 2.86 bits per heavy atom. The lowest BCUT2D eigenvalue weighted by Crippen LogP contribution is -2.21. The van der Waals surface area contributed by atoms with E-state index in [9.17, 15) is 10.1 Å². The molecule has 0 saturated heterocycles. The van der Waals surface area contributed by atoms with Crippen LogP contribution in [0.4, 0.5) is 5.69 Å². The molecule has 0 saturated carbocycles. The van der Waals surface area contributed by atoms with Crippen molar-refractivity contribution in [1.82, 2.24) is 4.57 Å². The zero-order chi connectivity index (χ0) is 15.4. The molecule has 1 atom stereocenters. The molecule has 0 radical (unpaired) electrons. The van der Waals surface area contributed by atoms with Gasteiger partial charge >= 0.3 is 0 Å². The van der Waals surface area contributed by atoms with E-state index in [1.807, 2.05) is 23.0 Å². The number of aromatic nitrogens is 1. The van der Waals surface area contributed by atoms with Crippen molar-refractivity contribution in [2.24, 2.45) is 5.73 Å². The van der Waals surface area contributed by atoms with Crippen LogP contribution in [-0.2, 0) is 13.0 Å². The fourth-order valence-electron chi connectivity index (χ4n) is 2.21. The molecular formula is C15H18ClN3O2. The van der Waals surface area contributed by atoms with Crippen molar-refractivity contribution >= 4 is 17.3 Å². The number of nitro groups is 1. The van der Waals surface area contributed by atoms with Crippen molar-refractivity contribution in [3.05, 3.63) is 62.9 Å². The van der Waals surface area contributed by atoms with Crippen LogP contribution in [0, 0.1) is 10.1 Å². The van der Waals surface area contributed by atoms with Crippen molar-refractivity contribution < 1.29 is 4.92 Å². The molecular weight excluding hydrogens is 290 g/mol. The Balaban J connectivity index is 2.21. The number of halogens is 1. The third-order valence-electron chi connectivity index (χ3n) is 3.47. The molecule has 5 nitrogen and oxygen atoms in total. The van der Waals surface area contributed by atoms with Gasteiger partial charge in [-0.3, -0.25) is 10.1 Å². The number of hydrogen-bond acceptors (Lipinski definition) is 3. The van der Waals surface area contributed by atoms with Gasteiger partial charge in [-0.05, 0) is 30.5 Å². The van der Waals surface area contributed by atoms with E-state index in [0.717, 1.165) is 18.4 Å². The maximum atomic E-state index is 11.1. The average Bonchev–Trinajstić information content (AvgIpc) is 2.88. The number of benzene rings is 1. The number of nitrogens with two attached hydrogens (primary N) is 1. The summed E-state index contributed by atoms with van der Waals surface area (Å²) in [5.74, 6) is 0. The first-order valence-corrected chi connectivity index (χ1v) is 7.21. The second-order valence-electron chi connectivity index (χ2n) is 5.06. The minimum atomic E-state index is -0.404. The summed E-state index contributed by atoms with van der Waals surface area (Å²) in [7, 11) is 0. The van der Waals surface area contributed by atoms with Crippen molar-refractivity contribution in [2.45, 2.75) is 32.4 Å². The molecule has 0 amide bonds. The fraction of sp³-hybridized carbons (Fsp3) is 0.333. The molecule has 0 fully saturated rings. The van der Waals surface area contributed by atoms with Crippen LogP contribution in [0.1, 0.15) is 24.5 Å². The molecule has 2 aromatic rings. The summed E-state index contributed by atoms with van der Waals surface area (Å²) >= 11 is 6.10. The first-order chi connectivity index (χ1) is 10.0. The number of hydrogen-bond donors (Lipinski definition) is 1. The predicted octanol–water partition coefficient (Wildman–Crippen LogP) is 3.38. The van der Waals surface area contributed by atoms with E-state index >= 15 is 0 Å². The fourth-order valence-corrected chi connectivity index (χ4v) is 2.44. The summed E-state index contributed by atoms with van der Waals surface area (Å²) in [6.07, 6.45) is 5.57. The van der Waals surface area contributed by atoms with Crippen LogP contribution in [0.25, 0.3) is 0 Å². The van der Waals surface area contributed by atoms with Crippen LogP contribution >= 0.6 is 11.6 Å². The third-order valence-corrected chi connectivity index (χ3v) is 3.82. The van der Waals surface area contributed by atoms with E-state index in [2.05, 4.69) is 6.92 Å². The Hall–Kier alpha value is -1.85. The maximum Gasteiger partial charge on any atom is 0.275 e. The van der Waals surface area contributed by atoms with Crippen LogP contribution < -0.4 is 5.73 Å². The van der Waals surface area contributed by atoms with E-state index in [1.54, 1.807) is 12.1 Å². The van der Waals surface area contributed by atoms with Crippen LogP contribution in [0.15, 0.2) is 36.7 Å². The highest BCUT2D eigenvalue weighted by molar-refractivity contribution is 6.31. The normalized spacial score (nSPS) is 12.3. The van der Waals surface area contributed by atoms with Gasteiger partial charge in [0.2, 0.25) is 0 Å². The quantitative estimate of drug-likeness (QED) is 0.656. The lowest BCUT2D eigenvalue weighted by molar-refractivity contribution is -0.385.